The van der Waals surface area contributed by atoms with Crippen LogP contribution in [0.2, 0.25) is 0 Å². The van der Waals surface area contributed by atoms with Crippen LogP contribution in [0.1, 0.15) is 19.3 Å². The van der Waals surface area contributed by atoms with Crippen LogP contribution >= 0.6 is 0 Å². The summed E-state index contributed by atoms with van der Waals surface area (Å²) in [4.78, 5) is 9.87. The van der Waals surface area contributed by atoms with E-state index in [1.54, 1.807) is 0 Å². The first-order valence-corrected chi connectivity index (χ1v) is 6.96. The molecule has 0 amide bonds. The zero-order valence-corrected chi connectivity index (χ0v) is 13.5. The van der Waals surface area contributed by atoms with Gasteiger partial charge in [0.1, 0.15) is 6.29 Å². The van der Waals surface area contributed by atoms with Crippen molar-refractivity contribution in [3.8, 4) is 0 Å². The minimum Gasteiger partial charge on any atom is -0.303 e. The smallest absolute Gasteiger partial charge is 0.303 e. The lowest BCUT2D eigenvalue weighted by atomic mass is 9.88. The third-order valence-electron chi connectivity index (χ3n) is 3.60. The Labute approximate surface area is 154 Å². The van der Waals surface area contributed by atoms with Gasteiger partial charge in [-0.05, 0) is 6.42 Å². The zero-order chi connectivity index (χ0) is 24.8. The van der Waals surface area contributed by atoms with Crippen LogP contribution in [0.5, 0.6) is 0 Å². The van der Waals surface area contributed by atoms with Crippen LogP contribution in [0, 0.1) is 0 Å². The maximum atomic E-state index is 13.3. The molecule has 180 valence electrons. The van der Waals surface area contributed by atoms with Crippen molar-refractivity contribution in [2.24, 2.45) is 0 Å². The highest BCUT2D eigenvalue weighted by Crippen LogP contribution is 2.64. The largest absolute Gasteiger partial charge is 0.460 e. The van der Waals surface area contributed by atoms with Gasteiger partial charge in [0.25, 0.3) is 0 Å². The van der Waals surface area contributed by atoms with E-state index in [2.05, 4.69) is 0 Å². The van der Waals surface area contributed by atoms with E-state index >= 15 is 0 Å². The lowest BCUT2D eigenvalue weighted by molar-refractivity contribution is -0.461. The summed E-state index contributed by atoms with van der Waals surface area (Å²) in [6.45, 7) is 0. The molecule has 0 spiro atoms. The van der Waals surface area contributed by atoms with Gasteiger partial charge in [-0.25, -0.2) is 0 Å². The minimum atomic E-state index is -8.62. The number of carbonyl (C=O) groups excluding carboxylic acids is 1. The lowest BCUT2D eigenvalue weighted by Crippen LogP contribution is -2.74. The highest BCUT2D eigenvalue weighted by atomic mass is 19.4. The fourth-order valence-electron chi connectivity index (χ4n) is 1.76. The molecule has 18 heteroatoms. The average Bonchev–Trinajstić information content (AvgIpc) is 2.52. The van der Waals surface area contributed by atoms with E-state index in [9.17, 15) is 79.4 Å². The average molecular weight is 490 g/mol. The number of aldehydes is 1. The fraction of sp³-hybridized carbons (Fsp3) is 0.917. The predicted octanol–water partition coefficient (Wildman–Crippen LogP) is 6.37. The van der Waals surface area contributed by atoms with Crippen LogP contribution in [-0.4, -0.2) is 53.9 Å². The van der Waals surface area contributed by atoms with Gasteiger partial charge in [-0.1, -0.05) is 0 Å². The number of hydrogen-bond donors (Lipinski definition) is 0. The van der Waals surface area contributed by atoms with Gasteiger partial charge in [0, 0.05) is 12.8 Å². The predicted molar refractivity (Wildman–Crippen MR) is 60.6 cm³/mol. The molecule has 30 heavy (non-hydrogen) atoms. The maximum absolute atomic E-state index is 13.3. The molecule has 0 aliphatic heterocycles. The Bertz CT molecular complexity index is 617. The molecule has 0 bridgehead atoms. The molecule has 0 aromatic carbocycles. The van der Waals surface area contributed by atoms with Crippen molar-refractivity contribution in [3.63, 3.8) is 0 Å². The molecule has 0 atom stereocenters. The number of rotatable bonds is 10. The highest BCUT2D eigenvalue weighted by Gasteiger charge is 2.95. The van der Waals surface area contributed by atoms with E-state index in [4.69, 9.17) is 0 Å². The summed E-state index contributed by atoms with van der Waals surface area (Å²) in [7, 11) is 0. The molecule has 0 aliphatic carbocycles. The Morgan fingerprint density at radius 2 is 0.767 bits per heavy atom. The summed E-state index contributed by atoms with van der Waals surface area (Å²) >= 11 is 0. The second-order valence-electron chi connectivity index (χ2n) is 5.71. The molecule has 0 aliphatic rings. The first-order valence-electron chi connectivity index (χ1n) is 6.96. The minimum absolute atomic E-state index is 0.255. The van der Waals surface area contributed by atoms with Crippen molar-refractivity contribution in [1.29, 1.82) is 0 Å². The van der Waals surface area contributed by atoms with Crippen LogP contribution in [-0.2, 0) is 4.79 Å². The summed E-state index contributed by atoms with van der Waals surface area (Å²) < 4.78 is 219. The molecule has 0 aromatic rings. The topological polar surface area (TPSA) is 17.1 Å². The van der Waals surface area contributed by atoms with Gasteiger partial charge in [-0.15, -0.1) is 0 Å². The second kappa shape index (κ2) is 7.56. The monoisotopic (exact) mass is 490 g/mol. The van der Waals surface area contributed by atoms with Gasteiger partial charge in [0.15, 0.2) is 0 Å². The van der Waals surface area contributed by atoms with E-state index in [1.807, 2.05) is 0 Å². The van der Waals surface area contributed by atoms with Crippen LogP contribution in [0.25, 0.3) is 0 Å². The summed E-state index contributed by atoms with van der Waals surface area (Å²) in [6.07, 6.45) is -13.1. The maximum Gasteiger partial charge on any atom is 0.460 e. The molecular weight excluding hydrogens is 483 g/mol. The third kappa shape index (κ3) is 3.78. The molecule has 1 nitrogen and oxygen atoms in total. The van der Waals surface area contributed by atoms with Crippen molar-refractivity contribution in [2.75, 3.05) is 0 Å². The van der Waals surface area contributed by atoms with E-state index in [0.29, 0.717) is 0 Å². The van der Waals surface area contributed by atoms with Crippen molar-refractivity contribution in [3.05, 3.63) is 0 Å². The number of halogens is 17. The SMILES string of the molecule is O=CCCCC(F)(F)C(F)(F)C(F)(F)C(F)(F)C(F)(F)C(F)(F)C(F)(F)C(F)(F)F. The molecule has 0 saturated carbocycles. The molecule has 0 saturated heterocycles. The Morgan fingerprint density at radius 3 is 1.07 bits per heavy atom. The molecular formula is C12H7F17O. The van der Waals surface area contributed by atoms with Crippen molar-refractivity contribution < 1.29 is 79.4 Å². The molecule has 0 N–H and O–H groups in total. The van der Waals surface area contributed by atoms with Gasteiger partial charge in [-0.2, -0.15) is 74.6 Å². The number of unbranched alkanes of at least 4 members (excludes halogenated alkanes) is 1. The standard InChI is InChI=1S/C12H7F17O/c13-5(14,3-1-2-4-30)6(15,16)7(17,18)8(19,20)9(21,22)10(23,24)11(25,26)12(27,28)29/h4H,1-3H2. The van der Waals surface area contributed by atoms with Crippen molar-refractivity contribution >= 4 is 6.29 Å². The van der Waals surface area contributed by atoms with E-state index < -0.39 is 66.9 Å². The van der Waals surface area contributed by atoms with E-state index in [1.165, 1.54) is 0 Å². The normalized spacial score (nSPS) is 16.0. The quantitative estimate of drug-likeness (QED) is 0.198. The Kier molecular flexibility index (Phi) is 7.18. The number of alkyl halides is 17. The van der Waals surface area contributed by atoms with Crippen molar-refractivity contribution in [2.45, 2.75) is 66.9 Å². The Morgan fingerprint density at radius 1 is 0.467 bits per heavy atom. The molecule has 0 rings (SSSR count). The first-order chi connectivity index (χ1) is 12.8. The first kappa shape index (κ1) is 28.5. The summed E-state index contributed by atoms with van der Waals surface area (Å²) in [5.41, 5.74) is 0. The Hall–Kier alpha value is -1.52. The van der Waals surface area contributed by atoms with Gasteiger partial charge in [0.05, 0.1) is 0 Å². The van der Waals surface area contributed by atoms with Gasteiger partial charge < -0.3 is 4.79 Å². The molecule has 0 radical (unpaired) electrons. The zero-order valence-electron chi connectivity index (χ0n) is 13.5. The number of hydrogen-bond acceptors (Lipinski definition) is 1. The van der Waals surface area contributed by atoms with E-state index in [0.717, 1.165) is 0 Å². The van der Waals surface area contributed by atoms with Crippen molar-refractivity contribution in [1.82, 2.24) is 0 Å². The summed E-state index contributed by atoms with van der Waals surface area (Å²) in [5, 5.41) is 0. The van der Waals surface area contributed by atoms with Crippen LogP contribution in [0.4, 0.5) is 74.6 Å². The summed E-state index contributed by atoms with van der Waals surface area (Å²) in [6, 6.07) is 0. The fourth-order valence-corrected chi connectivity index (χ4v) is 1.76. The van der Waals surface area contributed by atoms with Gasteiger partial charge in [0.2, 0.25) is 0 Å². The lowest BCUT2D eigenvalue weighted by Gasteiger charge is -2.42. The molecule has 0 heterocycles. The summed E-state index contributed by atoms with van der Waals surface area (Å²) in [5.74, 6) is -56.2. The molecule has 0 unspecified atom stereocenters. The molecule has 0 aromatic heterocycles. The van der Waals surface area contributed by atoms with Crippen LogP contribution in [0.3, 0.4) is 0 Å². The third-order valence-corrected chi connectivity index (χ3v) is 3.60. The second-order valence-corrected chi connectivity index (χ2v) is 5.71. The Balaban J connectivity index is 6.51. The highest BCUT2D eigenvalue weighted by molar-refractivity contribution is 5.49. The van der Waals surface area contributed by atoms with E-state index in [-0.39, 0.29) is 6.29 Å². The van der Waals surface area contributed by atoms with Gasteiger partial charge in [-0.3, -0.25) is 0 Å². The van der Waals surface area contributed by atoms with Crippen LogP contribution < -0.4 is 0 Å². The molecule has 0 fully saturated rings. The van der Waals surface area contributed by atoms with Crippen LogP contribution in [0.15, 0.2) is 0 Å². The number of carbonyl (C=O) groups is 1. The van der Waals surface area contributed by atoms with Gasteiger partial charge >= 0.3 is 47.6 Å².